The second-order valence-electron chi connectivity index (χ2n) is 5.13. The van der Waals surface area contributed by atoms with Crippen LogP contribution >= 0.6 is 0 Å². The molecule has 0 saturated heterocycles. The molecule has 0 heterocycles. The summed E-state index contributed by atoms with van der Waals surface area (Å²) in [5.41, 5.74) is 0.429. The molecule has 28 heavy (non-hydrogen) atoms. The molecule has 0 bridgehead atoms. The van der Waals surface area contributed by atoms with Crippen molar-refractivity contribution >= 4 is 11.7 Å². The molecule has 7 nitrogen and oxygen atoms in total. The Morgan fingerprint density at radius 1 is 1.25 bits per heavy atom. The molecule has 2 aromatic rings. The van der Waals surface area contributed by atoms with Crippen LogP contribution in [0.25, 0.3) is 0 Å². The number of carboxylic acids is 1. The average molecular weight is 401 g/mol. The van der Waals surface area contributed by atoms with Crippen molar-refractivity contribution in [3.8, 4) is 0 Å². The Kier molecular flexibility index (Phi) is 10.6. The Labute approximate surface area is 158 Å². The van der Waals surface area contributed by atoms with Gasteiger partial charge in [-0.15, -0.1) is 0 Å². The number of aliphatic carboxylic acids is 1. The van der Waals surface area contributed by atoms with E-state index in [2.05, 4.69) is 11.5 Å². The summed E-state index contributed by atoms with van der Waals surface area (Å²) in [4.78, 5) is 22.8. The van der Waals surface area contributed by atoms with E-state index in [1.165, 1.54) is 0 Å². The minimum atomic E-state index is -4.54. The maximum atomic E-state index is 12.0. The number of nitro benzene ring substituents is 1. The fraction of sp³-hybridized carbons (Fsp3) is 0.167. The molecule has 0 aliphatic carbocycles. The van der Waals surface area contributed by atoms with E-state index in [1.54, 1.807) is 0 Å². The molecule has 0 aromatic heterocycles. The van der Waals surface area contributed by atoms with Gasteiger partial charge in [-0.1, -0.05) is 42.5 Å². The minimum absolute atomic E-state index is 0.111. The molecular weight excluding hydrogens is 383 g/mol. The number of hydrogen-bond donors (Lipinski definition) is 2. The van der Waals surface area contributed by atoms with Gasteiger partial charge < -0.3 is 9.99 Å². The number of carboxylic acid groups (broad SMARTS) is 1. The Balaban J connectivity index is 0.000000442. The van der Waals surface area contributed by atoms with Crippen molar-refractivity contribution in [3.63, 3.8) is 0 Å². The number of halogens is 3. The zero-order valence-electron chi connectivity index (χ0n) is 14.7. The lowest BCUT2D eigenvalue weighted by Gasteiger charge is -2.04. The maximum Gasteiger partial charge on any atom is 0.416 e. The highest BCUT2D eigenvalue weighted by Crippen LogP contribution is 2.30. The first-order chi connectivity index (χ1) is 13.0. The molecule has 0 amide bonds. The van der Waals surface area contributed by atoms with Crippen LogP contribution in [0.5, 0.6) is 0 Å². The SMILES string of the molecule is C=COO.Cc1ccc(CC(=O)O)cc1.O=[N+]([O-])c1cccc(C(F)(F)F)c1. The predicted octanol–water partition coefficient (Wildman–Crippen LogP) is 4.86. The molecular formula is C18H18F3NO6. The third-order valence-electron chi connectivity index (χ3n) is 2.93. The summed E-state index contributed by atoms with van der Waals surface area (Å²) >= 11 is 0. The summed E-state index contributed by atoms with van der Waals surface area (Å²) in [6.45, 7) is 4.98. The van der Waals surface area contributed by atoms with E-state index in [9.17, 15) is 28.1 Å². The molecule has 10 heteroatoms. The molecule has 0 fully saturated rings. The van der Waals surface area contributed by atoms with Crippen LogP contribution in [-0.4, -0.2) is 21.3 Å². The van der Waals surface area contributed by atoms with Gasteiger partial charge in [0.15, 0.2) is 0 Å². The van der Waals surface area contributed by atoms with Crippen LogP contribution in [0.4, 0.5) is 18.9 Å². The van der Waals surface area contributed by atoms with Crippen molar-refractivity contribution in [1.29, 1.82) is 0 Å². The summed E-state index contributed by atoms with van der Waals surface area (Å²) < 4.78 is 36.0. The molecule has 0 aliphatic heterocycles. The summed E-state index contributed by atoms with van der Waals surface area (Å²) in [6.07, 6.45) is -3.49. The number of nitrogens with zero attached hydrogens (tertiary/aromatic N) is 1. The number of non-ortho nitro benzene ring substituents is 1. The molecule has 0 radical (unpaired) electrons. The van der Waals surface area contributed by atoms with Crippen molar-refractivity contribution < 1.29 is 38.1 Å². The quantitative estimate of drug-likeness (QED) is 0.328. The predicted molar refractivity (Wildman–Crippen MR) is 94.5 cm³/mol. The van der Waals surface area contributed by atoms with Gasteiger partial charge in [-0.3, -0.25) is 14.9 Å². The standard InChI is InChI=1S/C9H10O2.C7H4F3NO2.C2H4O2/c1-7-2-4-8(5-3-7)6-9(10)11;8-7(9,10)5-2-1-3-6(4-5)11(12)13;1-2-4-3/h2-5H,6H2,1H3,(H,10,11);1-4H;2-3H,1H2. The van der Waals surface area contributed by atoms with Gasteiger partial charge in [0.25, 0.3) is 5.69 Å². The van der Waals surface area contributed by atoms with Crippen LogP contribution in [0.2, 0.25) is 0 Å². The average Bonchev–Trinajstić information content (AvgIpc) is 2.63. The topological polar surface area (TPSA) is 110 Å². The Hall–Kier alpha value is -3.40. The number of rotatable bonds is 4. The third-order valence-corrected chi connectivity index (χ3v) is 2.93. The van der Waals surface area contributed by atoms with Gasteiger partial charge in [0, 0.05) is 12.1 Å². The highest BCUT2D eigenvalue weighted by Gasteiger charge is 2.31. The van der Waals surface area contributed by atoms with Crippen LogP contribution < -0.4 is 0 Å². The van der Waals surface area contributed by atoms with Crippen molar-refractivity contribution in [2.75, 3.05) is 0 Å². The first-order valence-electron chi connectivity index (χ1n) is 7.51. The maximum absolute atomic E-state index is 12.0. The van der Waals surface area contributed by atoms with Gasteiger partial charge in [0.1, 0.15) is 6.26 Å². The number of aryl methyl sites for hydroxylation is 1. The summed E-state index contributed by atoms with van der Waals surface area (Å²) in [7, 11) is 0. The van der Waals surface area contributed by atoms with Crippen molar-refractivity contribution in [3.05, 3.63) is 88.2 Å². The van der Waals surface area contributed by atoms with Crippen molar-refractivity contribution in [1.82, 2.24) is 0 Å². The van der Waals surface area contributed by atoms with Crippen LogP contribution in [0.1, 0.15) is 16.7 Å². The summed E-state index contributed by atoms with van der Waals surface area (Å²) in [5.74, 6) is -0.783. The molecule has 0 aliphatic rings. The molecule has 0 unspecified atom stereocenters. The zero-order chi connectivity index (χ0) is 21.7. The highest BCUT2D eigenvalue weighted by molar-refractivity contribution is 5.70. The molecule has 152 valence electrons. The van der Waals surface area contributed by atoms with Gasteiger partial charge in [-0.2, -0.15) is 13.2 Å². The Morgan fingerprint density at radius 2 is 1.79 bits per heavy atom. The lowest BCUT2D eigenvalue weighted by molar-refractivity contribution is -0.385. The number of hydrogen-bond acceptors (Lipinski definition) is 5. The second kappa shape index (κ2) is 12.1. The zero-order valence-corrected chi connectivity index (χ0v) is 14.7. The normalized spacial score (nSPS) is 9.75. The summed E-state index contributed by atoms with van der Waals surface area (Å²) in [5, 5.41) is 25.8. The van der Waals surface area contributed by atoms with E-state index < -0.39 is 28.3 Å². The smallest absolute Gasteiger partial charge is 0.416 e. The van der Waals surface area contributed by atoms with Crippen LogP contribution in [0.3, 0.4) is 0 Å². The van der Waals surface area contributed by atoms with E-state index >= 15 is 0 Å². The monoisotopic (exact) mass is 401 g/mol. The highest BCUT2D eigenvalue weighted by atomic mass is 19.4. The van der Waals surface area contributed by atoms with Crippen LogP contribution in [0.15, 0.2) is 61.4 Å². The first-order valence-corrected chi connectivity index (χ1v) is 7.51. The number of carbonyl (C=O) groups is 1. The Morgan fingerprint density at radius 3 is 2.18 bits per heavy atom. The molecule has 0 saturated carbocycles. The van der Waals surface area contributed by atoms with Crippen LogP contribution in [0, 0.1) is 17.0 Å². The third kappa shape index (κ3) is 10.6. The first kappa shape index (κ1) is 24.6. The molecule has 0 spiro atoms. The fourth-order valence-corrected chi connectivity index (χ4v) is 1.68. The van der Waals surface area contributed by atoms with Gasteiger partial charge >= 0.3 is 12.1 Å². The largest absolute Gasteiger partial charge is 0.481 e. The lowest BCUT2D eigenvalue weighted by Crippen LogP contribution is -2.04. The van der Waals surface area contributed by atoms with Gasteiger partial charge in [-0.25, -0.2) is 5.26 Å². The summed E-state index contributed by atoms with van der Waals surface area (Å²) in [6, 6.07) is 10.8. The number of benzene rings is 2. The van der Waals surface area contributed by atoms with E-state index in [1.807, 2.05) is 31.2 Å². The molecule has 0 atom stereocenters. The molecule has 2 rings (SSSR count). The van der Waals surface area contributed by atoms with Crippen molar-refractivity contribution in [2.24, 2.45) is 0 Å². The van der Waals surface area contributed by atoms with E-state index in [0.29, 0.717) is 6.07 Å². The molecule has 2 aromatic carbocycles. The van der Waals surface area contributed by atoms with Gasteiger partial charge in [0.05, 0.1) is 16.9 Å². The lowest BCUT2D eigenvalue weighted by atomic mass is 10.1. The Bertz CT molecular complexity index is 776. The molecule has 2 N–H and O–H groups in total. The number of nitro groups is 1. The second-order valence-corrected chi connectivity index (χ2v) is 5.13. The van der Waals surface area contributed by atoms with E-state index in [0.717, 1.165) is 35.6 Å². The number of alkyl halides is 3. The van der Waals surface area contributed by atoms with Crippen LogP contribution in [-0.2, 0) is 22.3 Å². The van der Waals surface area contributed by atoms with E-state index in [-0.39, 0.29) is 6.42 Å². The minimum Gasteiger partial charge on any atom is -0.481 e. The van der Waals surface area contributed by atoms with Crippen molar-refractivity contribution in [2.45, 2.75) is 19.5 Å². The fourth-order valence-electron chi connectivity index (χ4n) is 1.68. The van der Waals surface area contributed by atoms with Gasteiger partial charge in [-0.05, 0) is 18.6 Å². The van der Waals surface area contributed by atoms with Gasteiger partial charge in [0.2, 0.25) is 0 Å². The van der Waals surface area contributed by atoms with E-state index in [4.69, 9.17) is 10.4 Å².